The van der Waals surface area contributed by atoms with Crippen LogP contribution in [0, 0.1) is 23.0 Å². The Kier molecular flexibility index (Phi) is 17.1. The first-order valence-electron chi connectivity index (χ1n) is 18.0. The molecular weight excluding hydrogens is 638 g/mol. The number of nitrogens with one attached hydrogen (secondary N) is 6. The van der Waals surface area contributed by atoms with Gasteiger partial charge in [-0.05, 0) is 50.5 Å². The second kappa shape index (κ2) is 20.4. The predicted octanol–water partition coefficient (Wildman–Crippen LogP) is 2.69. The van der Waals surface area contributed by atoms with E-state index in [2.05, 4.69) is 31.9 Å². The van der Waals surface area contributed by atoms with Crippen molar-refractivity contribution in [2.45, 2.75) is 118 Å². The Bertz CT molecular complexity index is 1450. The second-order valence-electron chi connectivity index (χ2n) is 13.8. The van der Waals surface area contributed by atoms with Crippen LogP contribution < -0.4 is 36.6 Å². The molecule has 6 N–H and O–H groups in total. The molecule has 0 bridgehead atoms. The number of amides is 5. The molecule has 1 heterocycles. The summed E-state index contributed by atoms with van der Waals surface area (Å²) in [5.74, 6) is -2.02. The summed E-state index contributed by atoms with van der Waals surface area (Å²) in [4.78, 5) is 66.4. The van der Waals surface area contributed by atoms with Gasteiger partial charge in [0.15, 0.2) is 6.20 Å². The van der Waals surface area contributed by atoms with Crippen molar-refractivity contribution < 1.29 is 28.7 Å². The van der Waals surface area contributed by atoms with Gasteiger partial charge < -0.3 is 37.1 Å². The summed E-state index contributed by atoms with van der Waals surface area (Å²) < 4.78 is 0.688. The maximum atomic E-state index is 13.8. The van der Waals surface area contributed by atoms with Crippen LogP contribution in [-0.4, -0.2) is 72.8 Å². The lowest BCUT2D eigenvalue weighted by Crippen LogP contribution is -2.58. The fraction of sp³-hybridized carbons (Fsp3) is 0.622. The van der Waals surface area contributed by atoms with Gasteiger partial charge in [-0.1, -0.05) is 73.4 Å². The van der Waals surface area contributed by atoms with Gasteiger partial charge in [-0.2, -0.15) is 4.73 Å². The number of pyridine rings is 1. The standard InChI is InChI=1S/C37H59N7O6/c1-10-15-29(35(47)40-26(20-22(4)5)21-39-25(9)33(45)42-31(23(6)7)36(48)38-12-3)41-37(49)32(24(8)11-2)43-34(46)28-18-19-44(50)30-17-14-13-16-27(28)30/h13-14,16-19,22-26,29,31-32,39H,10-12,15,20-21H2,1-9H3,(H,38,48)(H,40,47)(H,41,49)(H,42,45)(H,43,46)/t24-,25-,26-,29-,31-,32-/m0/s1. The van der Waals surface area contributed by atoms with Gasteiger partial charge in [0.05, 0.1) is 17.0 Å². The summed E-state index contributed by atoms with van der Waals surface area (Å²) in [7, 11) is 0. The SMILES string of the molecule is CCC[C@H](NC(=O)[C@@H](NC(=O)c1cc[n+]([O-])c2ccccc12)[C@@H](C)CC)C(=O)N[C@H](CN[C@@H](C)C(=O)N[C@H](C(=O)NCC)C(C)C)CC(C)C. The van der Waals surface area contributed by atoms with Crippen molar-refractivity contribution in [2.24, 2.45) is 17.8 Å². The number of hydrogen-bond acceptors (Lipinski definition) is 7. The minimum atomic E-state index is -0.931. The topological polar surface area (TPSA) is 184 Å². The minimum Gasteiger partial charge on any atom is -0.618 e. The number of carbonyl (C=O) groups is 5. The summed E-state index contributed by atoms with van der Waals surface area (Å²) in [6, 6.07) is 4.75. The van der Waals surface area contributed by atoms with Crippen LogP contribution in [0.2, 0.25) is 0 Å². The number of aromatic nitrogens is 1. The van der Waals surface area contributed by atoms with Gasteiger partial charge in [-0.3, -0.25) is 24.0 Å². The molecule has 0 spiro atoms. The smallest absolute Gasteiger partial charge is 0.253 e. The third-order valence-electron chi connectivity index (χ3n) is 8.81. The van der Waals surface area contributed by atoms with Crippen LogP contribution in [0.15, 0.2) is 36.5 Å². The highest BCUT2D eigenvalue weighted by atomic mass is 16.5. The third-order valence-corrected chi connectivity index (χ3v) is 8.81. The summed E-state index contributed by atoms with van der Waals surface area (Å²) in [5, 5.41) is 30.3. The van der Waals surface area contributed by atoms with E-state index < -0.39 is 36.0 Å². The van der Waals surface area contributed by atoms with E-state index in [-0.39, 0.29) is 47.1 Å². The number of fused-ring (bicyclic) bond motifs is 1. The van der Waals surface area contributed by atoms with Gasteiger partial charge >= 0.3 is 0 Å². The summed E-state index contributed by atoms with van der Waals surface area (Å²) in [6.07, 6.45) is 3.47. The molecule has 278 valence electrons. The van der Waals surface area contributed by atoms with E-state index in [1.807, 2.05) is 55.4 Å². The molecule has 13 heteroatoms. The number of carbonyl (C=O) groups excluding carboxylic acids is 5. The summed E-state index contributed by atoms with van der Waals surface area (Å²) in [6.45, 7) is 17.8. The molecule has 50 heavy (non-hydrogen) atoms. The molecule has 0 saturated carbocycles. The number of hydrogen-bond donors (Lipinski definition) is 6. The summed E-state index contributed by atoms with van der Waals surface area (Å²) >= 11 is 0. The van der Waals surface area contributed by atoms with Crippen molar-refractivity contribution in [3.63, 3.8) is 0 Å². The van der Waals surface area contributed by atoms with E-state index in [9.17, 15) is 29.2 Å². The fourth-order valence-corrected chi connectivity index (χ4v) is 5.72. The van der Waals surface area contributed by atoms with Crippen LogP contribution in [0.3, 0.4) is 0 Å². The van der Waals surface area contributed by atoms with E-state index in [1.165, 1.54) is 12.3 Å². The van der Waals surface area contributed by atoms with Crippen molar-refractivity contribution in [1.29, 1.82) is 0 Å². The van der Waals surface area contributed by atoms with Gasteiger partial charge in [0, 0.05) is 31.3 Å². The highest BCUT2D eigenvalue weighted by Crippen LogP contribution is 2.17. The van der Waals surface area contributed by atoms with Gasteiger partial charge in [0.25, 0.3) is 5.91 Å². The number of rotatable bonds is 20. The average molecular weight is 698 g/mol. The van der Waals surface area contributed by atoms with Crippen LogP contribution in [-0.2, 0) is 19.2 Å². The third kappa shape index (κ3) is 12.3. The summed E-state index contributed by atoms with van der Waals surface area (Å²) in [5.41, 5.74) is 0.608. The Morgan fingerprint density at radius 3 is 2.06 bits per heavy atom. The van der Waals surface area contributed by atoms with Gasteiger partial charge in [-0.25, -0.2) is 0 Å². The first kappa shape index (κ1) is 41.9. The van der Waals surface area contributed by atoms with Crippen LogP contribution in [0.25, 0.3) is 10.9 Å². The van der Waals surface area contributed by atoms with E-state index >= 15 is 0 Å². The second-order valence-corrected chi connectivity index (χ2v) is 13.8. The molecule has 0 aliphatic carbocycles. The molecule has 0 aliphatic heterocycles. The lowest BCUT2D eigenvalue weighted by molar-refractivity contribution is -0.577. The molecule has 0 unspecified atom stereocenters. The molecular formula is C37H59N7O6. The van der Waals surface area contributed by atoms with Crippen molar-refractivity contribution in [3.05, 3.63) is 47.3 Å². The molecule has 0 fully saturated rings. The van der Waals surface area contributed by atoms with E-state index in [1.54, 1.807) is 31.2 Å². The van der Waals surface area contributed by atoms with E-state index in [4.69, 9.17) is 0 Å². The number of benzene rings is 1. The van der Waals surface area contributed by atoms with Crippen molar-refractivity contribution in [2.75, 3.05) is 13.1 Å². The average Bonchev–Trinajstić information content (AvgIpc) is 3.07. The number of para-hydroxylation sites is 1. The first-order chi connectivity index (χ1) is 23.6. The Labute approximate surface area is 297 Å². The van der Waals surface area contributed by atoms with Gasteiger partial charge in [0.2, 0.25) is 29.1 Å². The Balaban J connectivity index is 2.16. The minimum absolute atomic E-state index is 0.103. The number of nitrogens with zero attached hydrogens (tertiary/aromatic N) is 1. The molecule has 2 rings (SSSR count). The van der Waals surface area contributed by atoms with Gasteiger partial charge in [0.1, 0.15) is 18.1 Å². The zero-order valence-electron chi connectivity index (χ0n) is 31.2. The van der Waals surface area contributed by atoms with Crippen LogP contribution >= 0.6 is 0 Å². The molecule has 0 radical (unpaired) electrons. The van der Waals surface area contributed by atoms with Gasteiger partial charge in [-0.15, -0.1) is 0 Å². The number of likely N-dealkylation sites (N-methyl/N-ethyl adjacent to an activating group) is 1. The lowest BCUT2D eigenvalue weighted by atomic mass is 9.96. The molecule has 1 aromatic carbocycles. The van der Waals surface area contributed by atoms with Crippen molar-refractivity contribution >= 4 is 40.4 Å². The molecule has 0 saturated heterocycles. The lowest BCUT2D eigenvalue weighted by Gasteiger charge is -2.29. The molecule has 5 amide bonds. The zero-order valence-corrected chi connectivity index (χ0v) is 31.2. The monoisotopic (exact) mass is 697 g/mol. The molecule has 6 atom stereocenters. The van der Waals surface area contributed by atoms with Crippen molar-refractivity contribution in [1.82, 2.24) is 31.9 Å². The van der Waals surface area contributed by atoms with Crippen LogP contribution in [0.5, 0.6) is 0 Å². The normalized spacial score (nSPS) is 15.0. The zero-order chi connectivity index (χ0) is 37.5. The largest absolute Gasteiger partial charge is 0.618 e. The maximum absolute atomic E-state index is 13.8. The fourth-order valence-electron chi connectivity index (χ4n) is 5.72. The quantitative estimate of drug-likeness (QED) is 0.0908. The molecule has 1 aromatic heterocycles. The Morgan fingerprint density at radius 1 is 0.780 bits per heavy atom. The van der Waals surface area contributed by atoms with E-state index in [0.29, 0.717) is 54.4 Å². The maximum Gasteiger partial charge on any atom is 0.253 e. The molecule has 2 aromatic rings. The molecule has 0 aliphatic rings. The highest BCUT2D eigenvalue weighted by Gasteiger charge is 2.32. The molecule has 13 nitrogen and oxygen atoms in total. The van der Waals surface area contributed by atoms with Crippen molar-refractivity contribution in [3.8, 4) is 0 Å². The van der Waals surface area contributed by atoms with Crippen LogP contribution in [0.1, 0.15) is 98.4 Å². The predicted molar refractivity (Wildman–Crippen MR) is 195 cm³/mol. The highest BCUT2D eigenvalue weighted by molar-refractivity contribution is 6.06. The Morgan fingerprint density at radius 2 is 1.46 bits per heavy atom. The van der Waals surface area contributed by atoms with E-state index in [0.717, 1.165) is 0 Å². The Hall–Kier alpha value is -4.26. The van der Waals surface area contributed by atoms with Crippen LogP contribution in [0.4, 0.5) is 0 Å². The first-order valence-corrected chi connectivity index (χ1v) is 18.0.